The van der Waals surface area contributed by atoms with Crippen LogP contribution in [0.3, 0.4) is 0 Å². The van der Waals surface area contributed by atoms with Crippen LogP contribution >= 0.6 is 15.9 Å². The maximum atomic E-state index is 13.2. The van der Waals surface area contributed by atoms with Gasteiger partial charge in [-0.2, -0.15) is 4.31 Å². The summed E-state index contributed by atoms with van der Waals surface area (Å²) in [5.41, 5.74) is 0. The Morgan fingerprint density at radius 3 is 2.81 bits per heavy atom. The van der Waals surface area contributed by atoms with Gasteiger partial charge < -0.3 is 0 Å². The molecule has 7 heteroatoms. The lowest BCUT2D eigenvalue weighted by molar-refractivity contribution is 0.117. The molecule has 3 rings (SSSR count). The molecule has 2 unspecified atom stereocenters. The highest BCUT2D eigenvalue weighted by Gasteiger charge is 2.40. The second-order valence-corrected chi connectivity index (χ2v) is 8.50. The van der Waals surface area contributed by atoms with Crippen molar-refractivity contribution in [3.05, 3.63) is 28.5 Å². The molecule has 0 radical (unpaired) electrons. The van der Waals surface area contributed by atoms with Crippen molar-refractivity contribution in [1.82, 2.24) is 9.21 Å². The molecule has 2 aliphatic heterocycles. The van der Waals surface area contributed by atoms with Crippen LogP contribution in [0.5, 0.6) is 0 Å². The van der Waals surface area contributed by atoms with Crippen LogP contribution in [0.2, 0.25) is 0 Å². The summed E-state index contributed by atoms with van der Waals surface area (Å²) in [4.78, 5) is 2.51. The average Bonchev–Trinajstić information content (AvgIpc) is 2.84. The number of rotatable bonds is 2. The zero-order chi connectivity index (χ0) is 15.2. The summed E-state index contributed by atoms with van der Waals surface area (Å²) in [6, 6.07) is 3.97. The summed E-state index contributed by atoms with van der Waals surface area (Å²) in [5, 5.41) is 0. The highest BCUT2D eigenvalue weighted by molar-refractivity contribution is 9.10. The van der Waals surface area contributed by atoms with Crippen LogP contribution in [0.25, 0.3) is 0 Å². The Morgan fingerprint density at radius 2 is 2.10 bits per heavy atom. The Hall–Kier alpha value is -0.500. The Balaban J connectivity index is 1.93. The van der Waals surface area contributed by atoms with E-state index in [0.717, 1.165) is 25.9 Å². The minimum absolute atomic E-state index is 0.0682. The van der Waals surface area contributed by atoms with E-state index in [0.29, 0.717) is 12.6 Å². The first-order valence-corrected chi connectivity index (χ1v) is 9.34. The Morgan fingerprint density at radius 1 is 1.33 bits per heavy atom. The van der Waals surface area contributed by atoms with E-state index in [9.17, 15) is 12.8 Å². The lowest BCUT2D eigenvalue weighted by atomic mass is 10.1. The number of nitrogens with zero attached hydrogens (tertiary/aromatic N) is 2. The molecule has 2 atom stereocenters. The predicted molar refractivity (Wildman–Crippen MR) is 82.0 cm³/mol. The van der Waals surface area contributed by atoms with Crippen molar-refractivity contribution in [1.29, 1.82) is 0 Å². The van der Waals surface area contributed by atoms with E-state index >= 15 is 0 Å². The molecule has 1 aromatic rings. The number of hydrogen-bond acceptors (Lipinski definition) is 3. The first-order valence-electron chi connectivity index (χ1n) is 7.10. The van der Waals surface area contributed by atoms with Gasteiger partial charge in [-0.05, 0) is 60.4 Å². The second-order valence-electron chi connectivity index (χ2n) is 5.79. The van der Waals surface area contributed by atoms with E-state index in [4.69, 9.17) is 0 Å². The quantitative estimate of drug-likeness (QED) is 0.795. The normalized spacial score (nSPS) is 27.8. The van der Waals surface area contributed by atoms with Crippen molar-refractivity contribution >= 4 is 26.0 Å². The first kappa shape index (κ1) is 15.4. The molecule has 0 saturated carbocycles. The number of fused-ring (bicyclic) bond motifs is 1. The summed E-state index contributed by atoms with van der Waals surface area (Å²) < 4.78 is 40.8. The number of sulfonamides is 1. The lowest BCUT2D eigenvalue weighted by Gasteiger charge is -2.41. The zero-order valence-electron chi connectivity index (χ0n) is 11.8. The minimum Gasteiger partial charge on any atom is -0.297 e. The van der Waals surface area contributed by atoms with Crippen molar-refractivity contribution in [3.63, 3.8) is 0 Å². The van der Waals surface area contributed by atoms with Crippen molar-refractivity contribution in [2.75, 3.05) is 19.6 Å². The van der Waals surface area contributed by atoms with Crippen LogP contribution in [0.4, 0.5) is 4.39 Å². The second kappa shape index (κ2) is 5.61. The molecular weight excluding hydrogens is 359 g/mol. The highest BCUT2D eigenvalue weighted by atomic mass is 79.9. The Bertz CT molecular complexity index is 652. The topological polar surface area (TPSA) is 40.6 Å². The van der Waals surface area contributed by atoms with Gasteiger partial charge in [0.15, 0.2) is 0 Å². The van der Waals surface area contributed by atoms with Crippen molar-refractivity contribution in [2.24, 2.45) is 0 Å². The standard InChI is InChI=1S/C14H18BrFN2O2S/c1-10-8-17-6-2-3-12(17)9-18(10)21(19,20)14-5-4-11(16)7-13(14)15/h4-5,7,10,12H,2-3,6,8-9H2,1H3. The van der Waals surface area contributed by atoms with Gasteiger partial charge in [0.05, 0.1) is 4.90 Å². The maximum Gasteiger partial charge on any atom is 0.244 e. The summed E-state index contributed by atoms with van der Waals surface area (Å²) in [7, 11) is -3.60. The lowest BCUT2D eigenvalue weighted by Crippen LogP contribution is -2.56. The molecule has 2 heterocycles. The molecule has 2 saturated heterocycles. The molecule has 21 heavy (non-hydrogen) atoms. The third kappa shape index (κ3) is 2.76. The molecule has 0 N–H and O–H groups in total. The number of piperazine rings is 1. The summed E-state index contributed by atoms with van der Waals surface area (Å²) in [5.74, 6) is -0.450. The molecule has 0 spiro atoms. The van der Waals surface area contributed by atoms with E-state index < -0.39 is 15.8 Å². The average molecular weight is 377 g/mol. The van der Waals surface area contributed by atoms with Crippen LogP contribution in [0, 0.1) is 5.82 Å². The van der Waals surface area contributed by atoms with Gasteiger partial charge in [0, 0.05) is 29.6 Å². The third-order valence-corrected chi connectivity index (χ3v) is 7.32. The summed E-state index contributed by atoms with van der Waals surface area (Å²) in [6.45, 7) is 4.28. The molecule has 0 aromatic heterocycles. The van der Waals surface area contributed by atoms with Gasteiger partial charge in [-0.3, -0.25) is 4.90 Å². The van der Waals surface area contributed by atoms with Gasteiger partial charge >= 0.3 is 0 Å². The summed E-state index contributed by atoms with van der Waals surface area (Å²) >= 11 is 3.17. The highest BCUT2D eigenvalue weighted by Crippen LogP contribution is 2.31. The van der Waals surface area contributed by atoms with Crippen LogP contribution in [0.1, 0.15) is 19.8 Å². The van der Waals surface area contributed by atoms with Crippen molar-refractivity contribution < 1.29 is 12.8 Å². The third-order valence-electron chi connectivity index (χ3n) is 4.36. The van der Waals surface area contributed by atoms with Crippen LogP contribution in [0.15, 0.2) is 27.6 Å². The van der Waals surface area contributed by atoms with E-state index in [1.807, 2.05) is 6.92 Å². The van der Waals surface area contributed by atoms with Gasteiger partial charge in [-0.25, -0.2) is 12.8 Å². The molecule has 2 fully saturated rings. The fourth-order valence-corrected chi connectivity index (χ4v) is 5.98. The van der Waals surface area contributed by atoms with Gasteiger partial charge in [0.25, 0.3) is 0 Å². The summed E-state index contributed by atoms with van der Waals surface area (Å²) in [6.07, 6.45) is 2.18. The fraction of sp³-hybridized carbons (Fsp3) is 0.571. The molecule has 4 nitrogen and oxygen atoms in total. The van der Waals surface area contributed by atoms with Gasteiger partial charge in [-0.15, -0.1) is 0 Å². The Kier molecular flexibility index (Phi) is 4.11. The van der Waals surface area contributed by atoms with Crippen LogP contribution in [-0.4, -0.2) is 49.3 Å². The minimum atomic E-state index is -3.60. The molecule has 116 valence electrons. The van der Waals surface area contributed by atoms with Gasteiger partial charge in [0.2, 0.25) is 10.0 Å². The molecular formula is C14H18BrFN2O2S. The smallest absolute Gasteiger partial charge is 0.244 e. The molecule has 0 aliphatic carbocycles. The molecule has 0 amide bonds. The maximum absolute atomic E-state index is 13.2. The van der Waals surface area contributed by atoms with E-state index in [1.54, 1.807) is 4.31 Å². The van der Waals surface area contributed by atoms with Crippen molar-refractivity contribution in [3.8, 4) is 0 Å². The SMILES string of the molecule is CC1CN2CCCC2CN1S(=O)(=O)c1ccc(F)cc1Br. The number of benzene rings is 1. The first-order chi connectivity index (χ1) is 9.89. The monoisotopic (exact) mass is 376 g/mol. The van der Waals surface area contributed by atoms with E-state index in [2.05, 4.69) is 20.8 Å². The largest absolute Gasteiger partial charge is 0.297 e. The van der Waals surface area contributed by atoms with E-state index in [1.165, 1.54) is 18.2 Å². The van der Waals surface area contributed by atoms with Gasteiger partial charge in [-0.1, -0.05) is 0 Å². The fourth-order valence-electron chi connectivity index (χ4n) is 3.31. The number of halogens is 2. The predicted octanol–water partition coefficient (Wildman–Crippen LogP) is 2.45. The number of hydrogen-bond donors (Lipinski definition) is 0. The van der Waals surface area contributed by atoms with E-state index in [-0.39, 0.29) is 15.4 Å². The van der Waals surface area contributed by atoms with Crippen molar-refractivity contribution in [2.45, 2.75) is 36.7 Å². The molecule has 2 aliphatic rings. The zero-order valence-corrected chi connectivity index (χ0v) is 14.2. The molecule has 0 bridgehead atoms. The molecule has 1 aromatic carbocycles. The van der Waals surface area contributed by atoms with Gasteiger partial charge in [0.1, 0.15) is 5.82 Å². The van der Waals surface area contributed by atoms with Crippen LogP contribution in [-0.2, 0) is 10.0 Å². The van der Waals surface area contributed by atoms with Crippen LogP contribution < -0.4 is 0 Å². The Labute approximate surface area is 133 Å².